The quantitative estimate of drug-likeness (QED) is 0.550. The van der Waals surface area contributed by atoms with Crippen LogP contribution in [0, 0.1) is 10.1 Å². The Labute approximate surface area is 162 Å². The number of anilines is 1. The van der Waals surface area contributed by atoms with Gasteiger partial charge in [-0.1, -0.05) is 12.1 Å². The molecule has 2 atom stereocenters. The maximum atomic E-state index is 12.3. The van der Waals surface area contributed by atoms with Gasteiger partial charge in [-0.3, -0.25) is 14.9 Å². The van der Waals surface area contributed by atoms with Gasteiger partial charge in [0.25, 0.3) is 5.91 Å². The van der Waals surface area contributed by atoms with Crippen molar-refractivity contribution in [3.8, 4) is 11.5 Å². The smallest absolute Gasteiger partial charge is 0.310 e. The Hall–Kier alpha value is -3.13. The van der Waals surface area contributed by atoms with Gasteiger partial charge in [0.1, 0.15) is 12.4 Å². The summed E-state index contributed by atoms with van der Waals surface area (Å²) in [7, 11) is 0. The maximum absolute atomic E-state index is 12.3. The number of nitrogens with one attached hydrogen (secondary N) is 1. The van der Waals surface area contributed by atoms with Gasteiger partial charge in [0.2, 0.25) is 0 Å². The molecule has 1 saturated heterocycles. The van der Waals surface area contributed by atoms with E-state index in [1.165, 1.54) is 25.1 Å². The summed E-state index contributed by atoms with van der Waals surface area (Å²) in [6, 6.07) is 12.9. The summed E-state index contributed by atoms with van der Waals surface area (Å²) in [6.45, 7) is 2.82. The van der Waals surface area contributed by atoms with Crippen LogP contribution in [0.2, 0.25) is 0 Å². The molecule has 1 amide bonds. The molecule has 28 heavy (non-hydrogen) atoms. The molecule has 0 spiro atoms. The Morgan fingerprint density at radius 1 is 1.29 bits per heavy atom. The number of nitro benzene ring substituents is 1. The average molecular weight is 386 g/mol. The van der Waals surface area contributed by atoms with Gasteiger partial charge in [-0.15, -0.1) is 0 Å². The average Bonchev–Trinajstić information content (AvgIpc) is 3.21. The van der Waals surface area contributed by atoms with Gasteiger partial charge in [0.05, 0.1) is 11.0 Å². The van der Waals surface area contributed by atoms with Crippen molar-refractivity contribution in [1.29, 1.82) is 0 Å². The number of rotatable bonds is 8. The number of para-hydroxylation sites is 2. The number of carbonyl (C=O) groups is 1. The maximum Gasteiger partial charge on any atom is 0.310 e. The van der Waals surface area contributed by atoms with Crippen molar-refractivity contribution in [2.45, 2.75) is 32.0 Å². The summed E-state index contributed by atoms with van der Waals surface area (Å²) in [6.07, 6.45) is 1.30. The molecule has 0 saturated carbocycles. The number of amides is 1. The Bertz CT molecular complexity index is 818. The molecule has 1 heterocycles. The lowest BCUT2D eigenvalue weighted by molar-refractivity contribution is -0.386. The predicted octanol–water partition coefficient (Wildman–Crippen LogP) is 3.56. The third-order valence-electron chi connectivity index (χ3n) is 4.32. The molecule has 2 aromatic rings. The van der Waals surface area contributed by atoms with Crippen molar-refractivity contribution < 1.29 is 23.9 Å². The minimum absolute atomic E-state index is 0.0491. The van der Waals surface area contributed by atoms with E-state index in [2.05, 4.69) is 5.32 Å². The molecule has 8 nitrogen and oxygen atoms in total. The van der Waals surface area contributed by atoms with Gasteiger partial charge in [0.15, 0.2) is 11.9 Å². The highest BCUT2D eigenvalue weighted by molar-refractivity contribution is 5.94. The van der Waals surface area contributed by atoms with Crippen molar-refractivity contribution in [3.05, 3.63) is 58.6 Å². The molecule has 1 fully saturated rings. The molecular formula is C20H22N2O6. The number of carbonyl (C=O) groups excluding carboxylic acids is 1. The second-order valence-electron chi connectivity index (χ2n) is 6.44. The fourth-order valence-electron chi connectivity index (χ4n) is 2.79. The summed E-state index contributed by atoms with van der Waals surface area (Å²) in [4.78, 5) is 22.8. The zero-order chi connectivity index (χ0) is 19.9. The van der Waals surface area contributed by atoms with Crippen LogP contribution < -0.4 is 14.8 Å². The zero-order valence-corrected chi connectivity index (χ0v) is 15.5. The Morgan fingerprint density at radius 3 is 2.71 bits per heavy atom. The second kappa shape index (κ2) is 9.18. The third-order valence-corrected chi connectivity index (χ3v) is 4.32. The van der Waals surface area contributed by atoms with Crippen molar-refractivity contribution in [2.24, 2.45) is 0 Å². The predicted molar refractivity (Wildman–Crippen MR) is 103 cm³/mol. The molecule has 2 aromatic carbocycles. The number of hydrogen-bond acceptors (Lipinski definition) is 6. The largest absolute Gasteiger partial charge is 0.491 e. The molecule has 0 aromatic heterocycles. The number of ether oxygens (including phenoxy) is 3. The first-order valence-corrected chi connectivity index (χ1v) is 9.08. The summed E-state index contributed by atoms with van der Waals surface area (Å²) in [5.41, 5.74) is 0.391. The molecule has 1 aliphatic heterocycles. The normalized spacial score (nSPS) is 17.0. The first-order valence-electron chi connectivity index (χ1n) is 9.08. The number of nitrogens with zero attached hydrogens (tertiary/aromatic N) is 1. The van der Waals surface area contributed by atoms with Gasteiger partial charge in [0, 0.05) is 18.4 Å². The highest BCUT2D eigenvalue weighted by Crippen LogP contribution is 2.27. The number of nitro groups is 1. The first-order chi connectivity index (χ1) is 13.5. The minimum atomic E-state index is -0.906. The lowest BCUT2D eigenvalue weighted by Crippen LogP contribution is -2.30. The molecule has 0 radical (unpaired) electrons. The monoisotopic (exact) mass is 386 g/mol. The SMILES string of the molecule is C[C@H](Oc1ccccc1[N+](=O)[O-])C(=O)Nc1ccc(OC[C@@H]2CCCO2)cc1. The molecular weight excluding hydrogens is 364 g/mol. The standard InChI is InChI=1S/C20H22N2O6/c1-14(28-19-7-3-2-6-18(19)22(24)25)20(23)21-15-8-10-16(11-9-15)27-13-17-5-4-12-26-17/h2-3,6-11,14,17H,4-5,12-13H2,1H3,(H,21,23)/t14-,17-/m0/s1. The van der Waals surface area contributed by atoms with Gasteiger partial charge in [-0.05, 0) is 50.1 Å². The van der Waals surface area contributed by atoms with E-state index in [-0.39, 0.29) is 17.5 Å². The lowest BCUT2D eigenvalue weighted by Gasteiger charge is -2.15. The van der Waals surface area contributed by atoms with Gasteiger partial charge in [-0.2, -0.15) is 0 Å². The molecule has 3 rings (SSSR count). The first kappa shape index (κ1) is 19.6. The number of hydrogen-bond donors (Lipinski definition) is 1. The highest BCUT2D eigenvalue weighted by Gasteiger charge is 2.21. The summed E-state index contributed by atoms with van der Waals surface area (Å²) in [5, 5.41) is 13.8. The Balaban J connectivity index is 1.53. The van der Waals surface area contributed by atoms with Crippen LogP contribution in [0.15, 0.2) is 48.5 Å². The molecule has 0 bridgehead atoms. The second-order valence-corrected chi connectivity index (χ2v) is 6.44. The van der Waals surface area contributed by atoms with Gasteiger partial charge < -0.3 is 19.5 Å². The zero-order valence-electron chi connectivity index (χ0n) is 15.5. The van der Waals surface area contributed by atoms with E-state index in [0.717, 1.165) is 19.4 Å². The summed E-state index contributed by atoms with van der Waals surface area (Å²) >= 11 is 0. The fraction of sp³-hybridized carbons (Fsp3) is 0.350. The van der Waals surface area contributed by atoms with Gasteiger partial charge >= 0.3 is 5.69 Å². The number of benzene rings is 2. The van der Waals surface area contributed by atoms with E-state index < -0.39 is 16.9 Å². The van der Waals surface area contributed by atoms with Crippen molar-refractivity contribution >= 4 is 17.3 Å². The third kappa shape index (κ3) is 5.20. The van der Waals surface area contributed by atoms with Crippen molar-refractivity contribution in [3.63, 3.8) is 0 Å². The molecule has 1 aliphatic rings. The van der Waals surface area contributed by atoms with Crippen LogP contribution in [0.5, 0.6) is 11.5 Å². The topological polar surface area (TPSA) is 99.9 Å². The van der Waals surface area contributed by atoms with Crippen molar-refractivity contribution in [1.82, 2.24) is 0 Å². The van der Waals surface area contributed by atoms with E-state index in [9.17, 15) is 14.9 Å². The molecule has 148 valence electrons. The Morgan fingerprint density at radius 2 is 2.04 bits per heavy atom. The molecule has 8 heteroatoms. The van der Waals surface area contributed by atoms with Crippen LogP contribution in [0.25, 0.3) is 0 Å². The summed E-state index contributed by atoms with van der Waals surface area (Å²) < 4.78 is 16.7. The van der Waals surface area contributed by atoms with Crippen LogP contribution >= 0.6 is 0 Å². The van der Waals surface area contributed by atoms with Crippen molar-refractivity contribution in [2.75, 3.05) is 18.5 Å². The molecule has 0 unspecified atom stereocenters. The van der Waals surface area contributed by atoms with E-state index in [4.69, 9.17) is 14.2 Å². The van der Waals surface area contributed by atoms with E-state index >= 15 is 0 Å². The van der Waals surface area contributed by atoms with Crippen LogP contribution in [0.1, 0.15) is 19.8 Å². The van der Waals surface area contributed by atoms with Crippen LogP contribution in [-0.2, 0) is 9.53 Å². The molecule has 0 aliphatic carbocycles. The fourth-order valence-corrected chi connectivity index (χ4v) is 2.79. The van der Waals surface area contributed by atoms with E-state index in [0.29, 0.717) is 18.0 Å². The minimum Gasteiger partial charge on any atom is -0.491 e. The van der Waals surface area contributed by atoms with E-state index in [1.807, 2.05) is 0 Å². The van der Waals surface area contributed by atoms with E-state index in [1.54, 1.807) is 30.3 Å². The van der Waals surface area contributed by atoms with Crippen LogP contribution in [0.3, 0.4) is 0 Å². The molecule has 1 N–H and O–H groups in total. The Kier molecular flexibility index (Phi) is 6.44. The van der Waals surface area contributed by atoms with Gasteiger partial charge in [-0.25, -0.2) is 0 Å². The highest BCUT2D eigenvalue weighted by atomic mass is 16.6. The van der Waals surface area contributed by atoms with Crippen LogP contribution in [-0.4, -0.2) is 36.3 Å². The lowest BCUT2D eigenvalue weighted by atomic mass is 10.2. The summed E-state index contributed by atoms with van der Waals surface area (Å²) in [5.74, 6) is 0.330. The van der Waals surface area contributed by atoms with Crippen LogP contribution in [0.4, 0.5) is 11.4 Å².